The Hall–Kier alpha value is -5.96. The molecular weight excluding hydrogens is 618 g/mol. The Morgan fingerprint density at radius 2 is 1.44 bits per heavy atom. The maximum Gasteiger partial charge on any atom is 0.335 e. The maximum absolute atomic E-state index is 11.7. The molecule has 15 nitrogen and oxygen atoms in total. The Labute approximate surface area is 274 Å². The van der Waals surface area contributed by atoms with Crippen LogP contribution in [0.25, 0.3) is 22.1 Å². The summed E-state index contributed by atoms with van der Waals surface area (Å²) in [5.41, 5.74) is 4.28. The lowest BCUT2D eigenvalue weighted by Crippen LogP contribution is -2.09. The second-order valence-electron chi connectivity index (χ2n) is 11.2. The average Bonchev–Trinajstić information content (AvgIpc) is 3.80. The van der Waals surface area contributed by atoms with Crippen molar-refractivity contribution in [1.82, 2.24) is 33.9 Å². The van der Waals surface area contributed by atoms with Gasteiger partial charge in [0.05, 0.1) is 38.9 Å². The lowest BCUT2D eigenvalue weighted by atomic mass is 10.2. The number of aliphatic hydroxyl groups is 1. The highest BCUT2D eigenvalue weighted by Crippen LogP contribution is 2.28. The van der Waals surface area contributed by atoms with Crippen molar-refractivity contribution in [3.8, 4) is 0 Å². The summed E-state index contributed by atoms with van der Waals surface area (Å²) < 4.78 is 11.4. The van der Waals surface area contributed by atoms with Crippen molar-refractivity contribution >= 4 is 57.6 Å². The first-order chi connectivity index (χ1) is 23.1. The molecule has 2 aromatic carbocycles. The quantitative estimate of drug-likeness (QED) is 0.0956. The van der Waals surface area contributed by atoms with Gasteiger partial charge in [0.15, 0.2) is 5.89 Å². The molecule has 0 fully saturated rings. The third-order valence-electron chi connectivity index (χ3n) is 7.77. The summed E-state index contributed by atoms with van der Waals surface area (Å²) in [4.78, 5) is 37.2. The van der Waals surface area contributed by atoms with Crippen LogP contribution in [0, 0.1) is 13.8 Å². The first kappa shape index (κ1) is 32.0. The van der Waals surface area contributed by atoms with Crippen LogP contribution in [0.1, 0.15) is 51.3 Å². The summed E-state index contributed by atoms with van der Waals surface area (Å²) in [6.45, 7) is 6.92. The number of oxazole rings is 1. The molecule has 5 N–H and O–H groups in total. The Balaban J connectivity index is 1.33. The number of aromatic nitrogens is 7. The van der Waals surface area contributed by atoms with Crippen LogP contribution in [0.2, 0.25) is 0 Å². The normalized spacial score (nSPS) is 11.7. The van der Waals surface area contributed by atoms with Gasteiger partial charge in [-0.25, -0.2) is 29.2 Å². The third-order valence-corrected chi connectivity index (χ3v) is 7.77. The largest absolute Gasteiger partial charge is 0.478 e. The minimum atomic E-state index is -1.04. The number of carboxylic acids is 2. The van der Waals surface area contributed by atoms with Crippen LogP contribution in [-0.4, -0.2) is 67.7 Å². The van der Waals surface area contributed by atoms with E-state index in [-0.39, 0.29) is 17.7 Å². The standard InChI is InChI=1S/C33H35N9O6/c1-4-23-29(48-20(3)34-23)38-33-36-25-18-22(31(46)47)9-11-27(25)41(33)13-6-5-12-40-26-10-8-21(30(44)45)17-24(26)35-32(40)37-28-16-19(2)39-42(28)14-7-15-43/h5-6,8-11,16-18,43H,4,7,12-15H2,1-3H3,(H,35,37)(H,36,38)(H,44,45)(H,46,47)/b6-5+. The number of hydrogen-bond acceptors (Lipinski definition) is 10. The van der Waals surface area contributed by atoms with Crippen LogP contribution < -0.4 is 10.6 Å². The van der Waals surface area contributed by atoms with Crippen LogP contribution in [0.15, 0.2) is 59.0 Å². The van der Waals surface area contributed by atoms with Crippen LogP contribution in [0.5, 0.6) is 0 Å². The highest BCUT2D eigenvalue weighted by molar-refractivity contribution is 5.94. The molecule has 0 radical (unpaired) electrons. The zero-order valence-electron chi connectivity index (χ0n) is 26.6. The van der Waals surface area contributed by atoms with E-state index in [0.29, 0.717) is 73.0 Å². The van der Waals surface area contributed by atoms with Crippen LogP contribution in [0.4, 0.5) is 23.6 Å². The Morgan fingerprint density at radius 1 is 0.854 bits per heavy atom. The van der Waals surface area contributed by atoms with E-state index in [1.807, 2.05) is 41.2 Å². The van der Waals surface area contributed by atoms with Gasteiger partial charge in [0.2, 0.25) is 17.8 Å². The fourth-order valence-electron chi connectivity index (χ4n) is 5.51. The lowest BCUT2D eigenvalue weighted by molar-refractivity contribution is 0.0686. The van der Waals surface area contributed by atoms with E-state index in [1.54, 1.807) is 35.9 Å². The van der Waals surface area contributed by atoms with E-state index in [4.69, 9.17) is 9.40 Å². The number of carbonyl (C=O) groups is 2. The number of aryl methyl sites for hydroxylation is 4. The van der Waals surface area contributed by atoms with E-state index < -0.39 is 11.9 Å². The molecule has 0 bridgehead atoms. The zero-order valence-corrected chi connectivity index (χ0v) is 26.6. The summed E-state index contributed by atoms with van der Waals surface area (Å²) >= 11 is 0. The third kappa shape index (κ3) is 6.48. The maximum atomic E-state index is 11.7. The molecule has 0 saturated carbocycles. The summed E-state index contributed by atoms with van der Waals surface area (Å²) in [6, 6.07) is 11.5. The number of aliphatic hydroxyl groups excluding tert-OH is 1. The molecule has 0 aliphatic carbocycles. The fraction of sp³-hybridized carbons (Fsp3) is 0.273. The molecule has 0 spiro atoms. The molecule has 6 aromatic rings. The van der Waals surface area contributed by atoms with E-state index >= 15 is 0 Å². The second-order valence-corrected chi connectivity index (χ2v) is 11.2. The number of nitrogens with one attached hydrogen (secondary N) is 2. The Bertz CT molecular complexity index is 2170. The predicted octanol–water partition coefficient (Wildman–Crippen LogP) is 5.27. The number of hydrogen-bond donors (Lipinski definition) is 5. The lowest BCUT2D eigenvalue weighted by Gasteiger charge is -2.11. The number of benzene rings is 2. The van der Waals surface area contributed by atoms with Crippen molar-refractivity contribution < 1.29 is 29.3 Å². The number of fused-ring (bicyclic) bond motifs is 2. The van der Waals surface area contributed by atoms with Gasteiger partial charge in [-0.15, -0.1) is 0 Å². The number of nitrogens with zero attached hydrogens (tertiary/aromatic N) is 7. The van der Waals surface area contributed by atoms with E-state index in [2.05, 4.69) is 25.7 Å². The van der Waals surface area contributed by atoms with Gasteiger partial charge in [0.1, 0.15) is 11.5 Å². The van der Waals surface area contributed by atoms with Crippen LogP contribution in [0.3, 0.4) is 0 Å². The second kappa shape index (κ2) is 13.4. The van der Waals surface area contributed by atoms with Gasteiger partial charge in [-0.2, -0.15) is 5.10 Å². The van der Waals surface area contributed by atoms with Crippen molar-refractivity contribution in [2.45, 2.75) is 53.2 Å². The van der Waals surface area contributed by atoms with E-state index in [9.17, 15) is 24.9 Å². The number of anilines is 4. The molecule has 0 unspecified atom stereocenters. The smallest absolute Gasteiger partial charge is 0.335 e. The van der Waals surface area contributed by atoms with E-state index in [1.165, 1.54) is 12.1 Å². The summed E-state index contributed by atoms with van der Waals surface area (Å²) in [5, 5.41) is 39.6. The molecule has 48 heavy (non-hydrogen) atoms. The average molecular weight is 654 g/mol. The highest BCUT2D eigenvalue weighted by Gasteiger charge is 2.18. The zero-order chi connectivity index (χ0) is 33.9. The van der Waals surface area contributed by atoms with Crippen molar-refractivity contribution in [2.75, 3.05) is 17.2 Å². The molecule has 0 aliphatic rings. The highest BCUT2D eigenvalue weighted by atomic mass is 16.4. The van der Waals surface area contributed by atoms with Crippen LogP contribution >= 0.6 is 0 Å². The molecule has 248 valence electrons. The SMILES string of the molecule is CCc1nc(C)oc1Nc1nc2cc(C(=O)O)ccc2n1C/C=C/Cn1c(Nc2cc(C)nn2CCCO)nc2cc(C(=O)O)ccc21. The Morgan fingerprint density at radius 3 is 1.98 bits per heavy atom. The van der Waals surface area contributed by atoms with E-state index in [0.717, 1.165) is 22.4 Å². The molecule has 6 rings (SSSR count). The molecule has 4 heterocycles. The summed E-state index contributed by atoms with van der Waals surface area (Å²) in [5.74, 6) is 0.554. The number of carboxylic acid groups (broad SMARTS) is 2. The van der Waals surface area contributed by atoms with Gasteiger partial charge in [0, 0.05) is 39.2 Å². The van der Waals surface area contributed by atoms with Gasteiger partial charge in [-0.1, -0.05) is 19.1 Å². The van der Waals surface area contributed by atoms with Gasteiger partial charge in [0.25, 0.3) is 0 Å². The number of aromatic carboxylic acids is 2. The number of allylic oxidation sites excluding steroid dienone is 2. The van der Waals surface area contributed by atoms with Crippen molar-refractivity contribution in [3.05, 3.63) is 83.0 Å². The molecular formula is C33H35N9O6. The summed E-state index contributed by atoms with van der Waals surface area (Å²) in [7, 11) is 0. The molecule has 0 atom stereocenters. The number of rotatable bonds is 14. The predicted molar refractivity (Wildman–Crippen MR) is 178 cm³/mol. The summed E-state index contributed by atoms with van der Waals surface area (Å²) in [6.07, 6.45) is 5.10. The minimum Gasteiger partial charge on any atom is -0.478 e. The molecule has 0 aliphatic heterocycles. The molecule has 0 saturated heterocycles. The Kier molecular flexibility index (Phi) is 8.94. The van der Waals surface area contributed by atoms with Gasteiger partial charge in [-0.3, -0.25) is 5.32 Å². The molecule has 15 heteroatoms. The minimum absolute atomic E-state index is 0.0294. The van der Waals surface area contributed by atoms with Gasteiger partial charge in [-0.05, 0) is 56.2 Å². The van der Waals surface area contributed by atoms with Gasteiger partial charge < -0.3 is 34.2 Å². The fourth-order valence-corrected chi connectivity index (χ4v) is 5.51. The van der Waals surface area contributed by atoms with Crippen LogP contribution in [-0.2, 0) is 26.1 Å². The first-order valence-electron chi connectivity index (χ1n) is 15.4. The van der Waals surface area contributed by atoms with Gasteiger partial charge >= 0.3 is 11.9 Å². The number of imidazole rings is 2. The van der Waals surface area contributed by atoms with Crippen molar-refractivity contribution in [3.63, 3.8) is 0 Å². The molecule has 0 amide bonds. The first-order valence-corrected chi connectivity index (χ1v) is 15.4. The monoisotopic (exact) mass is 653 g/mol. The topological polar surface area (TPSA) is 198 Å². The molecule has 4 aromatic heterocycles. The van der Waals surface area contributed by atoms with Crippen molar-refractivity contribution in [1.29, 1.82) is 0 Å². The van der Waals surface area contributed by atoms with Crippen molar-refractivity contribution in [2.24, 2.45) is 0 Å².